The molecule has 2 aromatic heterocycles. The van der Waals surface area contributed by atoms with Crippen LogP contribution in [0.2, 0.25) is 0 Å². The molecule has 0 bridgehead atoms. The fraction of sp³-hybridized carbons (Fsp3) is 0.529. The van der Waals surface area contributed by atoms with Crippen LogP contribution in [0.25, 0.3) is 5.82 Å². The Balaban J connectivity index is 1.50. The number of nitrogens with zero attached hydrogens (tertiary/aromatic N) is 4. The summed E-state index contributed by atoms with van der Waals surface area (Å²) >= 11 is 0. The van der Waals surface area contributed by atoms with Gasteiger partial charge in [-0.15, -0.1) is 0 Å². The molecule has 2 N–H and O–H groups in total. The van der Waals surface area contributed by atoms with Gasteiger partial charge in [-0.25, -0.2) is 18.4 Å². The standard InChI is InChI=1S/C17H17F2N5O3/c18-17(19)6-16(7-17,8-25)21-15(26)13-11-4-9-3-10(9)14(11)24(22-13)12-5-23(27)2-1-20-12/h1-2,5,9-10,25H,3-4,6-8H2,(H,21,26)/t9-,10-/m0/s1. The molecule has 3 aliphatic carbocycles. The number of carbonyl (C=O) groups excluding carboxylic acids is 1. The SMILES string of the molecule is O=C(NC1(CO)CC(F)(F)C1)c1nn(-c2c[n+]([O-])ccn2)c2c1C[C@@H]1C[C@H]21. The third kappa shape index (κ3) is 2.50. The van der Waals surface area contributed by atoms with E-state index in [1.165, 1.54) is 23.3 Å². The molecular formula is C17H17F2N5O3. The van der Waals surface area contributed by atoms with Crippen LogP contribution in [0.4, 0.5) is 8.78 Å². The number of nitrogens with one attached hydrogen (secondary N) is 1. The summed E-state index contributed by atoms with van der Waals surface area (Å²) in [6, 6.07) is 0. The van der Waals surface area contributed by atoms with E-state index >= 15 is 0 Å². The van der Waals surface area contributed by atoms with E-state index in [1.807, 2.05) is 0 Å². The molecule has 2 saturated carbocycles. The van der Waals surface area contributed by atoms with Crippen LogP contribution >= 0.6 is 0 Å². The molecule has 0 aliphatic heterocycles. The molecule has 2 fully saturated rings. The molecule has 5 rings (SSSR count). The first-order valence-electron chi connectivity index (χ1n) is 8.79. The van der Waals surface area contributed by atoms with Gasteiger partial charge in [0.1, 0.15) is 0 Å². The molecule has 0 radical (unpaired) electrons. The Labute approximate surface area is 152 Å². The largest absolute Gasteiger partial charge is 0.619 e. The number of hydrogen-bond donors (Lipinski definition) is 2. The predicted octanol–water partition coefficient (Wildman–Crippen LogP) is 0.450. The summed E-state index contributed by atoms with van der Waals surface area (Å²) in [4.78, 5) is 16.9. The molecule has 2 heterocycles. The Bertz CT molecular complexity index is 952. The summed E-state index contributed by atoms with van der Waals surface area (Å²) in [5.74, 6) is -2.44. The average molecular weight is 377 g/mol. The molecule has 0 aromatic carbocycles. The van der Waals surface area contributed by atoms with Gasteiger partial charge in [-0.2, -0.15) is 9.83 Å². The minimum atomic E-state index is -2.88. The minimum Gasteiger partial charge on any atom is -0.619 e. The number of carbonyl (C=O) groups is 1. The fourth-order valence-electron chi connectivity index (χ4n) is 4.43. The highest BCUT2D eigenvalue weighted by atomic mass is 19.3. The number of aromatic nitrogens is 4. The second kappa shape index (κ2) is 5.22. The van der Waals surface area contributed by atoms with Gasteiger partial charge in [0, 0.05) is 24.3 Å². The van der Waals surface area contributed by atoms with Crippen LogP contribution in [-0.4, -0.2) is 43.8 Å². The molecule has 142 valence electrons. The van der Waals surface area contributed by atoms with Gasteiger partial charge in [-0.3, -0.25) is 4.79 Å². The summed E-state index contributed by atoms with van der Waals surface area (Å²) < 4.78 is 28.7. The number of fused-ring (bicyclic) bond motifs is 3. The van der Waals surface area contributed by atoms with E-state index in [0.29, 0.717) is 22.9 Å². The van der Waals surface area contributed by atoms with Gasteiger partial charge in [-0.05, 0) is 18.8 Å². The van der Waals surface area contributed by atoms with Gasteiger partial charge in [0.25, 0.3) is 11.8 Å². The van der Waals surface area contributed by atoms with Crippen molar-refractivity contribution in [1.82, 2.24) is 20.1 Å². The number of halogens is 2. The molecular weight excluding hydrogens is 360 g/mol. The lowest BCUT2D eigenvalue weighted by molar-refractivity contribution is -0.605. The maximum atomic E-state index is 13.3. The smallest absolute Gasteiger partial charge is 0.272 e. The van der Waals surface area contributed by atoms with Gasteiger partial charge >= 0.3 is 0 Å². The van der Waals surface area contributed by atoms with Crippen LogP contribution in [0.5, 0.6) is 0 Å². The van der Waals surface area contributed by atoms with Crippen molar-refractivity contribution in [3.8, 4) is 5.82 Å². The van der Waals surface area contributed by atoms with Gasteiger partial charge in [0.05, 0.1) is 24.0 Å². The molecule has 1 amide bonds. The van der Waals surface area contributed by atoms with Crippen molar-refractivity contribution in [2.45, 2.75) is 43.1 Å². The van der Waals surface area contributed by atoms with Crippen LogP contribution < -0.4 is 10.0 Å². The van der Waals surface area contributed by atoms with Crippen LogP contribution in [0, 0.1) is 11.1 Å². The van der Waals surface area contributed by atoms with E-state index in [1.54, 1.807) is 0 Å². The topological polar surface area (TPSA) is 107 Å². The lowest BCUT2D eigenvalue weighted by Gasteiger charge is -2.46. The Kier molecular flexibility index (Phi) is 3.20. The minimum absolute atomic E-state index is 0.156. The number of aliphatic hydroxyl groups is 1. The second-order valence-electron chi connectivity index (χ2n) is 7.81. The zero-order valence-electron chi connectivity index (χ0n) is 14.2. The number of alkyl halides is 2. The van der Waals surface area contributed by atoms with Crippen molar-refractivity contribution < 1.29 is 23.4 Å². The van der Waals surface area contributed by atoms with E-state index in [2.05, 4.69) is 15.4 Å². The maximum absolute atomic E-state index is 13.3. The molecule has 10 heteroatoms. The van der Waals surface area contributed by atoms with E-state index < -0.39 is 36.8 Å². The lowest BCUT2D eigenvalue weighted by atomic mass is 9.74. The van der Waals surface area contributed by atoms with E-state index in [4.69, 9.17) is 0 Å². The van der Waals surface area contributed by atoms with E-state index in [-0.39, 0.29) is 11.6 Å². The average Bonchev–Trinajstić information content (AvgIpc) is 3.08. The molecule has 3 aliphatic rings. The summed E-state index contributed by atoms with van der Waals surface area (Å²) in [5, 5.41) is 28.0. The monoisotopic (exact) mass is 377 g/mol. The van der Waals surface area contributed by atoms with Gasteiger partial charge in [-0.1, -0.05) is 0 Å². The van der Waals surface area contributed by atoms with Gasteiger partial charge in [0.2, 0.25) is 12.0 Å². The Morgan fingerprint density at radius 2 is 2.26 bits per heavy atom. The molecule has 0 saturated heterocycles. The highest BCUT2D eigenvalue weighted by Crippen LogP contribution is 2.57. The Morgan fingerprint density at radius 1 is 1.48 bits per heavy atom. The normalized spacial score (nSPS) is 26.0. The molecule has 0 unspecified atom stereocenters. The van der Waals surface area contributed by atoms with Crippen LogP contribution in [0.3, 0.4) is 0 Å². The Morgan fingerprint density at radius 3 is 2.93 bits per heavy atom. The second-order valence-corrected chi connectivity index (χ2v) is 7.81. The summed E-state index contributed by atoms with van der Waals surface area (Å²) in [6.07, 6.45) is 4.38. The maximum Gasteiger partial charge on any atom is 0.272 e. The van der Waals surface area contributed by atoms with Crippen LogP contribution in [-0.2, 0) is 6.42 Å². The summed E-state index contributed by atoms with van der Waals surface area (Å²) in [6.45, 7) is -0.557. The number of hydrogen-bond acceptors (Lipinski definition) is 5. The molecule has 8 nitrogen and oxygen atoms in total. The van der Waals surface area contributed by atoms with Crippen LogP contribution in [0.1, 0.15) is 46.9 Å². The predicted molar refractivity (Wildman–Crippen MR) is 86.3 cm³/mol. The van der Waals surface area contributed by atoms with Crippen molar-refractivity contribution in [1.29, 1.82) is 0 Å². The molecule has 27 heavy (non-hydrogen) atoms. The number of rotatable bonds is 4. The van der Waals surface area contributed by atoms with Crippen molar-refractivity contribution in [3.63, 3.8) is 0 Å². The third-order valence-corrected chi connectivity index (χ3v) is 5.73. The van der Waals surface area contributed by atoms with E-state index in [0.717, 1.165) is 17.7 Å². The molecule has 2 atom stereocenters. The lowest BCUT2D eigenvalue weighted by Crippen LogP contribution is -2.64. The summed E-state index contributed by atoms with van der Waals surface area (Å²) in [5.41, 5.74) is 0.474. The van der Waals surface area contributed by atoms with Crippen LogP contribution in [0.15, 0.2) is 18.6 Å². The highest BCUT2D eigenvalue weighted by molar-refractivity contribution is 5.95. The van der Waals surface area contributed by atoms with Gasteiger partial charge in [0.15, 0.2) is 11.9 Å². The summed E-state index contributed by atoms with van der Waals surface area (Å²) in [7, 11) is 0. The van der Waals surface area contributed by atoms with Crippen molar-refractivity contribution >= 4 is 5.91 Å². The van der Waals surface area contributed by atoms with Crippen molar-refractivity contribution in [2.24, 2.45) is 5.92 Å². The fourth-order valence-corrected chi connectivity index (χ4v) is 4.43. The first-order valence-corrected chi connectivity index (χ1v) is 8.79. The third-order valence-electron chi connectivity index (χ3n) is 5.73. The number of amides is 1. The molecule has 0 spiro atoms. The quantitative estimate of drug-likeness (QED) is 0.594. The number of aliphatic hydroxyl groups excluding tert-OH is 1. The molecule has 2 aromatic rings. The highest BCUT2D eigenvalue weighted by Gasteiger charge is 2.58. The Hall–Kier alpha value is -2.62. The van der Waals surface area contributed by atoms with E-state index in [9.17, 15) is 23.9 Å². The van der Waals surface area contributed by atoms with Crippen molar-refractivity contribution in [2.75, 3.05) is 6.61 Å². The first-order chi connectivity index (χ1) is 12.8. The van der Waals surface area contributed by atoms with Gasteiger partial charge < -0.3 is 15.6 Å². The zero-order valence-corrected chi connectivity index (χ0v) is 14.2. The van der Waals surface area contributed by atoms with Crippen molar-refractivity contribution in [3.05, 3.63) is 40.7 Å². The first kappa shape index (κ1) is 16.5. The zero-order chi connectivity index (χ0) is 19.0.